The molecule has 1 saturated heterocycles. The van der Waals surface area contributed by atoms with E-state index in [0.717, 1.165) is 51.0 Å². The zero-order valence-corrected chi connectivity index (χ0v) is 13.4. The summed E-state index contributed by atoms with van der Waals surface area (Å²) in [6.07, 6.45) is 6.27. The smallest absolute Gasteiger partial charge is 0.309 e. The number of aromatic nitrogens is 2. The molecule has 5 nitrogen and oxygen atoms in total. The Hall–Kier alpha value is -1.36. The van der Waals surface area contributed by atoms with Crippen molar-refractivity contribution in [2.75, 3.05) is 20.2 Å². The summed E-state index contributed by atoms with van der Waals surface area (Å²) in [4.78, 5) is 14.0. The minimum Gasteiger partial charge on any atom is -0.469 e. The van der Waals surface area contributed by atoms with Gasteiger partial charge >= 0.3 is 5.97 Å². The number of nitrogens with zero attached hydrogens (tertiary/aromatic N) is 3. The van der Waals surface area contributed by atoms with Crippen LogP contribution in [0.1, 0.15) is 51.3 Å². The molecule has 0 radical (unpaired) electrons. The second kappa shape index (κ2) is 7.59. The molecule has 1 aromatic heterocycles. The molecule has 0 spiro atoms. The van der Waals surface area contributed by atoms with Crippen LogP contribution < -0.4 is 0 Å². The van der Waals surface area contributed by atoms with Crippen LogP contribution in [-0.4, -0.2) is 40.8 Å². The fraction of sp³-hybridized carbons (Fsp3) is 0.750. The summed E-state index contributed by atoms with van der Waals surface area (Å²) in [6.45, 7) is 7.03. The maximum Gasteiger partial charge on any atom is 0.309 e. The van der Waals surface area contributed by atoms with Gasteiger partial charge in [0.2, 0.25) is 0 Å². The molecule has 1 atom stereocenters. The van der Waals surface area contributed by atoms with Crippen molar-refractivity contribution in [3.8, 4) is 0 Å². The monoisotopic (exact) mass is 293 g/mol. The number of hydrogen-bond donors (Lipinski definition) is 0. The zero-order valence-electron chi connectivity index (χ0n) is 13.4. The molecule has 0 bridgehead atoms. The average molecular weight is 293 g/mol. The van der Waals surface area contributed by atoms with Gasteiger partial charge in [0, 0.05) is 19.3 Å². The van der Waals surface area contributed by atoms with Gasteiger partial charge in [0.15, 0.2) is 0 Å². The van der Waals surface area contributed by atoms with Crippen LogP contribution in [0.4, 0.5) is 0 Å². The van der Waals surface area contributed by atoms with Crippen molar-refractivity contribution in [2.45, 2.75) is 52.1 Å². The Morgan fingerprint density at radius 1 is 1.48 bits per heavy atom. The van der Waals surface area contributed by atoms with Crippen LogP contribution in [0.2, 0.25) is 0 Å². The molecule has 0 aliphatic carbocycles. The Morgan fingerprint density at radius 2 is 2.24 bits per heavy atom. The third-order valence-corrected chi connectivity index (χ3v) is 4.41. The lowest BCUT2D eigenvalue weighted by Gasteiger charge is -2.30. The topological polar surface area (TPSA) is 47.4 Å². The molecule has 1 aromatic rings. The number of ether oxygens (including phenoxy) is 1. The molecule has 5 heteroatoms. The number of likely N-dealkylation sites (tertiary alicyclic amines) is 1. The number of rotatable bonds is 6. The van der Waals surface area contributed by atoms with Crippen LogP contribution >= 0.6 is 0 Å². The zero-order chi connectivity index (χ0) is 15.2. The molecule has 2 heterocycles. The molecule has 0 N–H and O–H groups in total. The molecule has 1 aliphatic heterocycles. The number of piperidine rings is 1. The van der Waals surface area contributed by atoms with Crippen molar-refractivity contribution >= 4 is 5.97 Å². The normalized spacial score (nSPS) is 19.9. The van der Waals surface area contributed by atoms with E-state index < -0.39 is 0 Å². The number of carbonyl (C=O) groups is 1. The SMILES string of the molecule is CCC(CC)n1ccc(CN2CCCC(C(=O)OC)C2)n1. The average Bonchev–Trinajstić information content (AvgIpc) is 2.96. The lowest BCUT2D eigenvalue weighted by atomic mass is 9.98. The molecule has 1 fully saturated rings. The van der Waals surface area contributed by atoms with Crippen molar-refractivity contribution < 1.29 is 9.53 Å². The Morgan fingerprint density at radius 3 is 2.90 bits per heavy atom. The van der Waals surface area contributed by atoms with E-state index in [9.17, 15) is 4.79 Å². The van der Waals surface area contributed by atoms with Crippen LogP contribution in [0, 0.1) is 5.92 Å². The maximum absolute atomic E-state index is 11.7. The predicted octanol–water partition coefficient (Wildman–Crippen LogP) is 2.63. The molecule has 0 amide bonds. The van der Waals surface area contributed by atoms with E-state index in [-0.39, 0.29) is 11.9 Å². The summed E-state index contributed by atoms with van der Waals surface area (Å²) in [5, 5.41) is 4.70. The molecule has 2 rings (SSSR count). The Balaban J connectivity index is 1.93. The predicted molar refractivity (Wildman–Crippen MR) is 81.9 cm³/mol. The highest BCUT2D eigenvalue weighted by Gasteiger charge is 2.26. The molecule has 1 unspecified atom stereocenters. The highest BCUT2D eigenvalue weighted by Crippen LogP contribution is 2.20. The van der Waals surface area contributed by atoms with Crippen LogP contribution in [0.25, 0.3) is 0 Å². The first-order valence-electron chi connectivity index (χ1n) is 8.02. The minimum atomic E-state index is -0.0812. The van der Waals surface area contributed by atoms with E-state index >= 15 is 0 Å². The Bertz CT molecular complexity index is 454. The first kappa shape index (κ1) is 16.0. The second-order valence-corrected chi connectivity index (χ2v) is 5.85. The number of carbonyl (C=O) groups excluding carboxylic acids is 1. The third kappa shape index (κ3) is 4.06. The minimum absolute atomic E-state index is 0.0184. The van der Waals surface area contributed by atoms with Crippen LogP contribution in [0.15, 0.2) is 12.3 Å². The van der Waals surface area contributed by atoms with Gasteiger partial charge in [-0.2, -0.15) is 5.10 Å². The Kier molecular flexibility index (Phi) is 5.79. The highest BCUT2D eigenvalue weighted by atomic mass is 16.5. The van der Waals surface area contributed by atoms with Gasteiger partial charge in [-0.25, -0.2) is 0 Å². The van der Waals surface area contributed by atoms with Crippen LogP contribution in [-0.2, 0) is 16.1 Å². The molecular weight excluding hydrogens is 266 g/mol. The van der Waals surface area contributed by atoms with Crippen LogP contribution in [0.3, 0.4) is 0 Å². The molecule has 0 aromatic carbocycles. The summed E-state index contributed by atoms with van der Waals surface area (Å²) in [6, 6.07) is 2.59. The lowest BCUT2D eigenvalue weighted by Crippen LogP contribution is -2.38. The summed E-state index contributed by atoms with van der Waals surface area (Å²) < 4.78 is 6.95. The lowest BCUT2D eigenvalue weighted by molar-refractivity contribution is -0.147. The molecule has 118 valence electrons. The van der Waals surface area contributed by atoms with E-state index in [1.54, 1.807) is 0 Å². The molecule has 0 saturated carbocycles. The first-order chi connectivity index (χ1) is 10.2. The summed E-state index contributed by atoms with van der Waals surface area (Å²) >= 11 is 0. The fourth-order valence-corrected chi connectivity index (χ4v) is 3.12. The van der Waals surface area contributed by atoms with Gasteiger partial charge in [-0.1, -0.05) is 13.8 Å². The fourth-order valence-electron chi connectivity index (χ4n) is 3.12. The molecule has 1 aliphatic rings. The van der Waals surface area contributed by atoms with Gasteiger partial charge in [-0.3, -0.25) is 14.4 Å². The quantitative estimate of drug-likeness (QED) is 0.757. The van der Waals surface area contributed by atoms with E-state index in [1.807, 2.05) is 0 Å². The largest absolute Gasteiger partial charge is 0.469 e. The van der Waals surface area contributed by atoms with Gasteiger partial charge in [0.25, 0.3) is 0 Å². The summed E-state index contributed by atoms with van der Waals surface area (Å²) in [5.74, 6) is -0.0628. The van der Waals surface area contributed by atoms with Gasteiger partial charge < -0.3 is 4.74 Å². The van der Waals surface area contributed by atoms with Crippen molar-refractivity contribution in [1.82, 2.24) is 14.7 Å². The van der Waals surface area contributed by atoms with Crippen molar-refractivity contribution in [3.05, 3.63) is 18.0 Å². The van der Waals surface area contributed by atoms with E-state index in [0.29, 0.717) is 6.04 Å². The molecular formula is C16H27N3O2. The van der Waals surface area contributed by atoms with Gasteiger partial charge in [-0.15, -0.1) is 0 Å². The Labute approximate surface area is 127 Å². The van der Waals surface area contributed by atoms with E-state index in [4.69, 9.17) is 9.84 Å². The second-order valence-electron chi connectivity index (χ2n) is 5.85. The standard InChI is InChI=1S/C16H27N3O2/c1-4-15(5-2)19-10-8-14(17-19)12-18-9-6-7-13(11-18)16(20)21-3/h8,10,13,15H,4-7,9,11-12H2,1-3H3. The number of methoxy groups -OCH3 is 1. The third-order valence-electron chi connectivity index (χ3n) is 4.41. The number of hydrogen-bond acceptors (Lipinski definition) is 4. The summed E-state index contributed by atoms with van der Waals surface area (Å²) in [5.41, 5.74) is 1.09. The van der Waals surface area contributed by atoms with Crippen LogP contribution in [0.5, 0.6) is 0 Å². The number of esters is 1. The van der Waals surface area contributed by atoms with E-state index in [2.05, 4.69) is 35.7 Å². The molecule has 21 heavy (non-hydrogen) atoms. The summed E-state index contributed by atoms with van der Waals surface area (Å²) in [7, 11) is 1.47. The highest BCUT2D eigenvalue weighted by molar-refractivity contribution is 5.72. The van der Waals surface area contributed by atoms with Crippen molar-refractivity contribution in [3.63, 3.8) is 0 Å². The first-order valence-corrected chi connectivity index (χ1v) is 8.02. The van der Waals surface area contributed by atoms with Gasteiger partial charge in [-0.05, 0) is 38.3 Å². The van der Waals surface area contributed by atoms with E-state index in [1.165, 1.54) is 7.11 Å². The van der Waals surface area contributed by atoms with Crippen molar-refractivity contribution in [1.29, 1.82) is 0 Å². The van der Waals surface area contributed by atoms with Gasteiger partial charge in [0.05, 0.1) is 24.8 Å². The van der Waals surface area contributed by atoms with Crippen molar-refractivity contribution in [2.24, 2.45) is 5.92 Å². The maximum atomic E-state index is 11.7. The van der Waals surface area contributed by atoms with Gasteiger partial charge in [0.1, 0.15) is 0 Å².